The molecule has 0 unspecified atom stereocenters. The number of methoxy groups -OCH3 is 1. The lowest BCUT2D eigenvalue weighted by atomic mass is 9.86. The zero-order chi connectivity index (χ0) is 15.9. The second kappa shape index (κ2) is 5.97. The van der Waals surface area contributed by atoms with Crippen LogP contribution in [0.15, 0.2) is 6.07 Å². The lowest BCUT2D eigenvalue weighted by Crippen LogP contribution is -2.35. The SMILES string of the molecule is COc1c2c(cc3c1[C@H](C[C@@H](O)C(C)C)N(C)CC3)OCO2. The van der Waals surface area contributed by atoms with Gasteiger partial charge >= 0.3 is 0 Å². The molecule has 0 saturated heterocycles. The highest BCUT2D eigenvalue weighted by Gasteiger charge is 2.35. The molecular formula is C17H25NO4. The Kier molecular flexibility index (Phi) is 4.19. The Morgan fingerprint density at radius 2 is 2.18 bits per heavy atom. The van der Waals surface area contributed by atoms with Gasteiger partial charge in [-0.05, 0) is 37.4 Å². The van der Waals surface area contributed by atoms with E-state index in [2.05, 4.69) is 18.0 Å². The fourth-order valence-electron chi connectivity index (χ4n) is 3.32. The van der Waals surface area contributed by atoms with E-state index in [0.717, 1.165) is 30.0 Å². The molecule has 0 fully saturated rings. The van der Waals surface area contributed by atoms with Crippen molar-refractivity contribution < 1.29 is 19.3 Å². The van der Waals surface area contributed by atoms with Crippen LogP contribution >= 0.6 is 0 Å². The van der Waals surface area contributed by atoms with Gasteiger partial charge in [-0.2, -0.15) is 0 Å². The van der Waals surface area contributed by atoms with Crippen LogP contribution in [0.25, 0.3) is 0 Å². The molecule has 2 atom stereocenters. The third kappa shape index (κ3) is 2.52. The van der Waals surface area contributed by atoms with Gasteiger partial charge < -0.3 is 19.3 Å². The highest BCUT2D eigenvalue weighted by molar-refractivity contribution is 5.61. The Bertz CT molecular complexity index is 558. The van der Waals surface area contributed by atoms with E-state index in [4.69, 9.17) is 14.2 Å². The molecule has 0 amide bonds. The van der Waals surface area contributed by atoms with E-state index in [0.29, 0.717) is 12.2 Å². The van der Waals surface area contributed by atoms with Crippen molar-refractivity contribution in [3.63, 3.8) is 0 Å². The van der Waals surface area contributed by atoms with E-state index < -0.39 is 0 Å². The summed E-state index contributed by atoms with van der Waals surface area (Å²) in [5.41, 5.74) is 2.38. The van der Waals surface area contributed by atoms with Crippen molar-refractivity contribution in [2.24, 2.45) is 5.92 Å². The van der Waals surface area contributed by atoms with Crippen LogP contribution in [-0.4, -0.2) is 43.6 Å². The molecule has 22 heavy (non-hydrogen) atoms. The van der Waals surface area contributed by atoms with Gasteiger partial charge in [0.2, 0.25) is 12.5 Å². The average Bonchev–Trinajstić information content (AvgIpc) is 2.95. The molecule has 1 aromatic carbocycles. The summed E-state index contributed by atoms with van der Waals surface area (Å²) in [4.78, 5) is 2.29. The van der Waals surface area contributed by atoms with Gasteiger partial charge in [0.1, 0.15) is 0 Å². The van der Waals surface area contributed by atoms with Crippen LogP contribution in [0.1, 0.15) is 37.4 Å². The van der Waals surface area contributed by atoms with Crippen molar-refractivity contribution in [2.45, 2.75) is 38.8 Å². The van der Waals surface area contributed by atoms with E-state index in [1.54, 1.807) is 7.11 Å². The van der Waals surface area contributed by atoms with Crippen LogP contribution < -0.4 is 14.2 Å². The zero-order valence-corrected chi connectivity index (χ0v) is 13.8. The van der Waals surface area contributed by atoms with Crippen LogP contribution in [-0.2, 0) is 6.42 Å². The molecule has 1 aromatic rings. The number of aliphatic hydroxyl groups excluding tert-OH is 1. The highest BCUT2D eigenvalue weighted by atomic mass is 16.7. The van der Waals surface area contributed by atoms with Gasteiger partial charge in [0.05, 0.1) is 13.2 Å². The minimum atomic E-state index is -0.339. The largest absolute Gasteiger partial charge is 0.492 e. The van der Waals surface area contributed by atoms with E-state index in [9.17, 15) is 5.11 Å². The predicted molar refractivity (Wildman–Crippen MR) is 83.7 cm³/mol. The summed E-state index contributed by atoms with van der Waals surface area (Å²) in [7, 11) is 3.77. The summed E-state index contributed by atoms with van der Waals surface area (Å²) in [6.07, 6.45) is 1.30. The van der Waals surface area contributed by atoms with Gasteiger partial charge in [-0.1, -0.05) is 13.8 Å². The molecule has 0 saturated carbocycles. The molecule has 2 aliphatic rings. The van der Waals surface area contributed by atoms with Crippen molar-refractivity contribution >= 4 is 0 Å². The Balaban J connectivity index is 2.04. The predicted octanol–water partition coefficient (Wildman–Crippen LogP) is 2.36. The van der Waals surface area contributed by atoms with Crippen LogP contribution in [0.2, 0.25) is 0 Å². The third-order valence-corrected chi connectivity index (χ3v) is 4.78. The van der Waals surface area contributed by atoms with Gasteiger partial charge in [0.15, 0.2) is 11.5 Å². The molecule has 3 rings (SSSR count). The van der Waals surface area contributed by atoms with Crippen molar-refractivity contribution in [1.29, 1.82) is 0 Å². The minimum absolute atomic E-state index is 0.130. The number of ether oxygens (including phenoxy) is 3. The number of benzene rings is 1. The Morgan fingerprint density at radius 3 is 2.86 bits per heavy atom. The molecule has 5 heteroatoms. The molecule has 122 valence electrons. The van der Waals surface area contributed by atoms with Crippen LogP contribution in [0, 0.1) is 5.92 Å². The van der Waals surface area contributed by atoms with Crippen molar-refractivity contribution in [2.75, 3.05) is 27.5 Å². The molecule has 5 nitrogen and oxygen atoms in total. The monoisotopic (exact) mass is 307 g/mol. The second-order valence-corrected chi connectivity index (χ2v) is 6.51. The first-order chi connectivity index (χ1) is 10.5. The first-order valence-corrected chi connectivity index (χ1v) is 7.90. The smallest absolute Gasteiger partial charge is 0.231 e. The minimum Gasteiger partial charge on any atom is -0.492 e. The molecule has 0 aliphatic carbocycles. The lowest BCUT2D eigenvalue weighted by molar-refractivity contribution is 0.0741. The third-order valence-electron chi connectivity index (χ3n) is 4.78. The molecule has 2 aliphatic heterocycles. The Labute approximate surface area is 131 Å². The summed E-state index contributed by atoms with van der Waals surface area (Å²) in [6.45, 7) is 5.30. The average molecular weight is 307 g/mol. The van der Waals surface area contributed by atoms with Crippen LogP contribution in [0.5, 0.6) is 17.2 Å². The molecular weight excluding hydrogens is 282 g/mol. The fourth-order valence-corrected chi connectivity index (χ4v) is 3.32. The Hall–Kier alpha value is -1.46. The first kappa shape index (κ1) is 15.4. The van der Waals surface area contributed by atoms with Crippen molar-refractivity contribution in [3.05, 3.63) is 17.2 Å². The van der Waals surface area contributed by atoms with Gasteiger partial charge in [0, 0.05) is 18.2 Å². The van der Waals surface area contributed by atoms with Gasteiger partial charge in [0.25, 0.3) is 0 Å². The maximum absolute atomic E-state index is 10.4. The lowest BCUT2D eigenvalue weighted by Gasteiger charge is -2.37. The molecule has 0 spiro atoms. The summed E-state index contributed by atoms with van der Waals surface area (Å²) in [5, 5.41) is 10.4. The van der Waals surface area contributed by atoms with E-state index in [-0.39, 0.29) is 24.9 Å². The summed E-state index contributed by atoms with van der Waals surface area (Å²) >= 11 is 0. The summed E-state index contributed by atoms with van der Waals surface area (Å²) < 4.78 is 16.8. The van der Waals surface area contributed by atoms with Crippen molar-refractivity contribution in [1.82, 2.24) is 4.90 Å². The van der Waals surface area contributed by atoms with E-state index in [1.165, 1.54) is 5.56 Å². The molecule has 2 heterocycles. The molecule has 1 N–H and O–H groups in total. The normalized spacial score (nSPS) is 21.8. The van der Waals surface area contributed by atoms with E-state index >= 15 is 0 Å². The topological polar surface area (TPSA) is 51.2 Å². The number of hydrogen-bond donors (Lipinski definition) is 1. The maximum Gasteiger partial charge on any atom is 0.231 e. The quantitative estimate of drug-likeness (QED) is 0.925. The molecule has 0 bridgehead atoms. The van der Waals surface area contributed by atoms with Crippen LogP contribution in [0.4, 0.5) is 0 Å². The second-order valence-electron chi connectivity index (χ2n) is 6.51. The number of aliphatic hydroxyl groups is 1. The molecule has 0 radical (unpaired) electrons. The zero-order valence-electron chi connectivity index (χ0n) is 13.8. The highest BCUT2D eigenvalue weighted by Crippen LogP contribution is 2.50. The fraction of sp³-hybridized carbons (Fsp3) is 0.647. The van der Waals surface area contributed by atoms with Gasteiger partial charge in [-0.15, -0.1) is 0 Å². The number of fused-ring (bicyclic) bond motifs is 2. The number of hydrogen-bond acceptors (Lipinski definition) is 5. The number of nitrogens with zero attached hydrogens (tertiary/aromatic N) is 1. The van der Waals surface area contributed by atoms with Crippen LogP contribution in [0.3, 0.4) is 0 Å². The van der Waals surface area contributed by atoms with Gasteiger partial charge in [-0.25, -0.2) is 0 Å². The summed E-state index contributed by atoms with van der Waals surface area (Å²) in [5.74, 6) is 2.46. The number of rotatable bonds is 4. The standard InChI is InChI=1S/C17H25NO4/c1-10(2)13(19)8-12-15-11(5-6-18(12)3)7-14-16(17(15)20-4)22-9-21-14/h7,10,12-13,19H,5-6,8-9H2,1-4H3/t12-,13+/m0/s1. The van der Waals surface area contributed by atoms with Crippen molar-refractivity contribution in [3.8, 4) is 17.2 Å². The van der Waals surface area contributed by atoms with E-state index in [1.807, 2.05) is 13.8 Å². The molecule has 0 aromatic heterocycles. The summed E-state index contributed by atoms with van der Waals surface area (Å²) in [6, 6.07) is 2.20. The van der Waals surface area contributed by atoms with Gasteiger partial charge in [-0.3, -0.25) is 4.90 Å². The Morgan fingerprint density at radius 1 is 1.41 bits per heavy atom. The maximum atomic E-state index is 10.4. The number of likely N-dealkylation sites (N-methyl/N-ethyl adjacent to an activating group) is 1. The first-order valence-electron chi connectivity index (χ1n) is 7.90.